The molecule has 23 heavy (non-hydrogen) atoms. The number of aromatic nitrogens is 2. The number of hydrogen-bond donors (Lipinski definition) is 2. The van der Waals surface area contributed by atoms with Gasteiger partial charge in [-0.05, 0) is 12.8 Å². The van der Waals surface area contributed by atoms with Crippen LogP contribution in [0.25, 0.3) is 11.4 Å². The topological polar surface area (TPSA) is 80.9 Å². The first-order chi connectivity index (χ1) is 11.1. The van der Waals surface area contributed by atoms with Crippen LogP contribution in [0, 0.1) is 0 Å². The molecule has 1 aromatic heterocycles. The summed E-state index contributed by atoms with van der Waals surface area (Å²) in [4.78, 5) is 21.0. The molecule has 120 valence electrons. The van der Waals surface area contributed by atoms with Gasteiger partial charge in [-0.15, -0.1) is 0 Å². The highest BCUT2D eigenvalue weighted by Crippen LogP contribution is 2.25. The molecule has 1 aliphatic rings. The van der Waals surface area contributed by atoms with Crippen molar-refractivity contribution in [1.29, 1.82) is 0 Å². The lowest BCUT2D eigenvalue weighted by molar-refractivity contribution is 0.0923. The standard InChI is InChI=1S/C17H19ClN4O/c18-13-14(17(23)20-12-9-5-2-6-10-12)21-16(22-15(13)19)11-7-3-1-4-8-11/h1,3-4,7-8,12H,2,5-6,9-10H2,(H,20,23)(H2,19,21,22). The summed E-state index contributed by atoms with van der Waals surface area (Å²) in [5.74, 6) is 0.240. The molecule has 0 spiro atoms. The molecule has 0 radical (unpaired) electrons. The predicted octanol–water partition coefficient (Wildman–Crippen LogP) is 3.44. The van der Waals surface area contributed by atoms with E-state index in [9.17, 15) is 4.79 Å². The monoisotopic (exact) mass is 330 g/mol. The summed E-state index contributed by atoms with van der Waals surface area (Å²) in [6.07, 6.45) is 5.50. The third kappa shape index (κ3) is 3.62. The van der Waals surface area contributed by atoms with Gasteiger partial charge in [-0.2, -0.15) is 0 Å². The van der Waals surface area contributed by atoms with Crippen molar-refractivity contribution >= 4 is 23.3 Å². The largest absolute Gasteiger partial charge is 0.382 e. The van der Waals surface area contributed by atoms with E-state index in [0.29, 0.717) is 5.82 Å². The van der Waals surface area contributed by atoms with E-state index in [1.165, 1.54) is 6.42 Å². The Kier molecular flexibility index (Phi) is 4.76. The zero-order chi connectivity index (χ0) is 16.2. The molecule has 3 N–H and O–H groups in total. The van der Waals surface area contributed by atoms with E-state index in [0.717, 1.165) is 31.2 Å². The quantitative estimate of drug-likeness (QED) is 0.903. The number of nitrogen functional groups attached to an aromatic ring is 1. The van der Waals surface area contributed by atoms with Gasteiger partial charge in [0.1, 0.15) is 10.8 Å². The maximum Gasteiger partial charge on any atom is 0.271 e. The molecular formula is C17H19ClN4O. The molecule has 5 nitrogen and oxygen atoms in total. The van der Waals surface area contributed by atoms with Gasteiger partial charge in [-0.3, -0.25) is 4.79 Å². The third-order valence-electron chi connectivity index (χ3n) is 4.06. The molecule has 1 saturated carbocycles. The van der Waals surface area contributed by atoms with E-state index in [1.807, 2.05) is 30.3 Å². The molecule has 2 aromatic rings. The predicted molar refractivity (Wildman–Crippen MR) is 91.2 cm³/mol. The molecule has 6 heteroatoms. The lowest BCUT2D eigenvalue weighted by Crippen LogP contribution is -2.37. The first kappa shape index (κ1) is 15.7. The van der Waals surface area contributed by atoms with Crippen LogP contribution in [0.3, 0.4) is 0 Å². The number of nitrogens with zero attached hydrogens (tertiary/aromatic N) is 2. The number of hydrogen-bond acceptors (Lipinski definition) is 4. The molecule has 0 bridgehead atoms. The molecule has 0 unspecified atom stereocenters. The second kappa shape index (κ2) is 6.96. The zero-order valence-electron chi connectivity index (χ0n) is 12.8. The highest BCUT2D eigenvalue weighted by atomic mass is 35.5. The lowest BCUT2D eigenvalue weighted by atomic mass is 9.95. The maximum absolute atomic E-state index is 12.5. The number of anilines is 1. The summed E-state index contributed by atoms with van der Waals surface area (Å²) in [6, 6.07) is 9.58. The van der Waals surface area contributed by atoms with Gasteiger partial charge in [0.15, 0.2) is 11.5 Å². The Hall–Kier alpha value is -2.14. The van der Waals surface area contributed by atoms with Crippen LogP contribution >= 0.6 is 11.6 Å². The summed E-state index contributed by atoms with van der Waals surface area (Å²) in [5, 5.41) is 3.12. The van der Waals surface area contributed by atoms with Crippen molar-refractivity contribution in [3.63, 3.8) is 0 Å². The van der Waals surface area contributed by atoms with Gasteiger partial charge in [0.05, 0.1) is 0 Å². The van der Waals surface area contributed by atoms with Gasteiger partial charge < -0.3 is 11.1 Å². The van der Waals surface area contributed by atoms with Crippen molar-refractivity contribution in [3.05, 3.63) is 41.0 Å². The molecular weight excluding hydrogens is 312 g/mol. The van der Waals surface area contributed by atoms with E-state index in [1.54, 1.807) is 0 Å². The van der Waals surface area contributed by atoms with Crippen LogP contribution < -0.4 is 11.1 Å². The van der Waals surface area contributed by atoms with Crippen molar-refractivity contribution in [3.8, 4) is 11.4 Å². The molecule has 3 rings (SSSR count). The number of carbonyl (C=O) groups excluding carboxylic acids is 1. The van der Waals surface area contributed by atoms with Crippen LogP contribution in [0.2, 0.25) is 5.02 Å². The van der Waals surface area contributed by atoms with E-state index in [4.69, 9.17) is 17.3 Å². The van der Waals surface area contributed by atoms with Crippen molar-refractivity contribution < 1.29 is 4.79 Å². The summed E-state index contributed by atoms with van der Waals surface area (Å²) >= 11 is 6.15. The average molecular weight is 331 g/mol. The summed E-state index contributed by atoms with van der Waals surface area (Å²) in [7, 11) is 0. The number of nitrogens with one attached hydrogen (secondary N) is 1. The number of rotatable bonds is 3. The van der Waals surface area contributed by atoms with E-state index >= 15 is 0 Å². The maximum atomic E-state index is 12.5. The number of benzene rings is 1. The minimum absolute atomic E-state index is 0.109. The minimum Gasteiger partial charge on any atom is -0.382 e. The number of amides is 1. The second-order valence-corrected chi connectivity index (χ2v) is 6.15. The Morgan fingerprint density at radius 3 is 2.52 bits per heavy atom. The van der Waals surface area contributed by atoms with Crippen molar-refractivity contribution in [2.45, 2.75) is 38.1 Å². The van der Waals surface area contributed by atoms with Crippen LogP contribution in [-0.4, -0.2) is 21.9 Å². The van der Waals surface area contributed by atoms with Crippen LogP contribution in [0.4, 0.5) is 5.82 Å². The Labute approximate surface area is 140 Å². The van der Waals surface area contributed by atoms with E-state index in [2.05, 4.69) is 15.3 Å². The van der Waals surface area contributed by atoms with Crippen molar-refractivity contribution in [2.75, 3.05) is 5.73 Å². The summed E-state index contributed by atoms with van der Waals surface area (Å²) in [6.45, 7) is 0. The van der Waals surface area contributed by atoms with Crippen molar-refractivity contribution in [1.82, 2.24) is 15.3 Å². The first-order valence-electron chi connectivity index (χ1n) is 7.84. The fourth-order valence-electron chi connectivity index (χ4n) is 2.83. The second-order valence-electron chi connectivity index (χ2n) is 5.77. The summed E-state index contributed by atoms with van der Waals surface area (Å²) < 4.78 is 0. The normalized spacial score (nSPS) is 15.3. The highest BCUT2D eigenvalue weighted by Gasteiger charge is 2.22. The molecule has 1 aromatic carbocycles. The Bertz CT molecular complexity index is 699. The van der Waals surface area contributed by atoms with Gasteiger partial charge >= 0.3 is 0 Å². The van der Waals surface area contributed by atoms with Gasteiger partial charge in [-0.1, -0.05) is 61.2 Å². The molecule has 1 aliphatic carbocycles. The molecule has 1 fully saturated rings. The van der Waals surface area contributed by atoms with Crippen molar-refractivity contribution in [2.24, 2.45) is 0 Å². The van der Waals surface area contributed by atoms with Gasteiger partial charge in [0, 0.05) is 11.6 Å². The van der Waals surface area contributed by atoms with Crippen LogP contribution in [-0.2, 0) is 0 Å². The molecule has 1 amide bonds. The van der Waals surface area contributed by atoms with E-state index < -0.39 is 0 Å². The fraction of sp³-hybridized carbons (Fsp3) is 0.353. The smallest absolute Gasteiger partial charge is 0.271 e. The first-order valence-corrected chi connectivity index (χ1v) is 8.22. The zero-order valence-corrected chi connectivity index (χ0v) is 13.5. The van der Waals surface area contributed by atoms with Gasteiger partial charge in [0.2, 0.25) is 0 Å². The minimum atomic E-state index is -0.284. The van der Waals surface area contributed by atoms with Gasteiger partial charge in [-0.25, -0.2) is 9.97 Å². The van der Waals surface area contributed by atoms with E-state index in [-0.39, 0.29) is 28.5 Å². The Morgan fingerprint density at radius 2 is 1.83 bits per heavy atom. The highest BCUT2D eigenvalue weighted by molar-refractivity contribution is 6.35. The number of carbonyl (C=O) groups is 1. The number of halogens is 1. The number of nitrogens with two attached hydrogens (primary N) is 1. The Morgan fingerprint density at radius 1 is 1.13 bits per heavy atom. The summed E-state index contributed by atoms with van der Waals surface area (Å²) in [5.41, 5.74) is 6.80. The van der Waals surface area contributed by atoms with Crippen LogP contribution in [0.15, 0.2) is 30.3 Å². The molecule has 0 saturated heterocycles. The lowest BCUT2D eigenvalue weighted by Gasteiger charge is -2.22. The van der Waals surface area contributed by atoms with Crippen LogP contribution in [0.1, 0.15) is 42.6 Å². The Balaban J connectivity index is 1.88. The van der Waals surface area contributed by atoms with Gasteiger partial charge in [0.25, 0.3) is 5.91 Å². The average Bonchev–Trinajstić information content (AvgIpc) is 2.58. The fourth-order valence-corrected chi connectivity index (χ4v) is 3.00. The molecule has 0 aliphatic heterocycles. The molecule has 0 atom stereocenters. The van der Waals surface area contributed by atoms with Crippen LogP contribution in [0.5, 0.6) is 0 Å². The molecule has 1 heterocycles. The SMILES string of the molecule is Nc1nc(-c2ccccc2)nc(C(=O)NC2CCCCC2)c1Cl. The third-order valence-corrected chi connectivity index (χ3v) is 4.44.